The highest BCUT2D eigenvalue weighted by Gasteiger charge is 2.41. The summed E-state index contributed by atoms with van der Waals surface area (Å²) in [4.78, 5) is 13.3. The Kier molecular flexibility index (Phi) is 5.55. The molecule has 1 aliphatic carbocycles. The number of Topliss-reactive ketones (excluding diaryl/α,β-unsaturated/α-hetero) is 1. The zero-order chi connectivity index (χ0) is 19.6. The van der Waals surface area contributed by atoms with E-state index < -0.39 is 15.8 Å². The van der Waals surface area contributed by atoms with Crippen LogP contribution in [0.5, 0.6) is 0 Å². The Morgan fingerprint density at radius 2 is 1.79 bits per heavy atom. The minimum absolute atomic E-state index is 0.150. The van der Waals surface area contributed by atoms with Crippen molar-refractivity contribution in [2.75, 3.05) is 4.31 Å². The first-order chi connectivity index (χ1) is 13.6. The summed E-state index contributed by atoms with van der Waals surface area (Å²) < 4.78 is 28.0. The van der Waals surface area contributed by atoms with Crippen LogP contribution in [0, 0.1) is 0 Å². The molecule has 1 aliphatic heterocycles. The lowest BCUT2D eigenvalue weighted by atomic mass is 10.1. The molecule has 0 bridgehead atoms. The number of thiophene rings is 1. The Hall–Kier alpha value is -2.12. The lowest BCUT2D eigenvalue weighted by Gasteiger charge is -2.29. The van der Waals surface area contributed by atoms with Crippen LogP contribution in [0.3, 0.4) is 0 Å². The largest absolute Gasteiger partial charge is 0.387 e. The summed E-state index contributed by atoms with van der Waals surface area (Å²) in [5, 5.41) is 5.02. The maximum Gasteiger partial charge on any atom is 0.270 e. The van der Waals surface area contributed by atoms with Gasteiger partial charge in [-0.2, -0.15) is 0 Å². The van der Waals surface area contributed by atoms with Crippen molar-refractivity contribution in [2.24, 2.45) is 0 Å². The molecule has 148 valence electrons. The Labute approximate surface area is 170 Å². The SMILES string of the molecule is O=C1/C(=C/NC2CCCCCC2)S(=O)(=O)N(Cc2ccccc2)c2ccsc21. The molecule has 2 aliphatic rings. The quantitative estimate of drug-likeness (QED) is 0.591. The van der Waals surface area contributed by atoms with Gasteiger partial charge in [0, 0.05) is 12.2 Å². The van der Waals surface area contributed by atoms with E-state index in [1.165, 1.54) is 34.7 Å². The third-order valence-corrected chi connectivity index (χ3v) is 8.05. The number of rotatable bonds is 4. The van der Waals surface area contributed by atoms with E-state index in [-0.39, 0.29) is 17.5 Å². The van der Waals surface area contributed by atoms with E-state index in [1.807, 2.05) is 30.3 Å². The van der Waals surface area contributed by atoms with Crippen molar-refractivity contribution in [2.45, 2.75) is 51.1 Å². The number of nitrogens with zero attached hydrogens (tertiary/aromatic N) is 1. The molecule has 7 heteroatoms. The Morgan fingerprint density at radius 1 is 1.07 bits per heavy atom. The number of anilines is 1. The molecule has 0 atom stereocenters. The minimum atomic E-state index is -3.92. The molecular formula is C21H24N2O3S2. The van der Waals surface area contributed by atoms with E-state index in [0.717, 1.165) is 31.2 Å². The number of nitrogens with one attached hydrogen (secondary N) is 1. The number of hydrogen-bond donors (Lipinski definition) is 1. The lowest BCUT2D eigenvalue weighted by molar-refractivity contribution is 0.104. The highest BCUT2D eigenvalue weighted by molar-refractivity contribution is 7.97. The molecule has 4 rings (SSSR count). The fourth-order valence-corrected chi connectivity index (χ4v) is 6.34. The van der Waals surface area contributed by atoms with E-state index in [4.69, 9.17) is 0 Å². The summed E-state index contributed by atoms with van der Waals surface area (Å²) in [7, 11) is -3.92. The second-order valence-corrected chi connectivity index (χ2v) is 10.1. The van der Waals surface area contributed by atoms with Crippen LogP contribution in [0.4, 0.5) is 5.69 Å². The van der Waals surface area contributed by atoms with Crippen LogP contribution in [-0.4, -0.2) is 20.2 Å². The van der Waals surface area contributed by atoms with Gasteiger partial charge in [0.25, 0.3) is 10.0 Å². The summed E-state index contributed by atoms with van der Waals surface area (Å²) in [5.41, 5.74) is 1.36. The molecule has 1 fully saturated rings. The number of hydrogen-bond acceptors (Lipinski definition) is 5. The van der Waals surface area contributed by atoms with Gasteiger partial charge in [-0.3, -0.25) is 9.10 Å². The lowest BCUT2D eigenvalue weighted by Crippen LogP contribution is -2.39. The molecule has 2 aromatic rings. The van der Waals surface area contributed by atoms with Crippen molar-refractivity contribution >= 4 is 32.8 Å². The maximum absolute atomic E-state index is 13.3. The highest BCUT2D eigenvalue weighted by atomic mass is 32.2. The van der Waals surface area contributed by atoms with E-state index in [0.29, 0.717) is 10.6 Å². The number of allylic oxidation sites excluding steroid dienone is 1. The molecule has 1 aromatic heterocycles. The number of benzene rings is 1. The van der Waals surface area contributed by atoms with Gasteiger partial charge < -0.3 is 5.32 Å². The Bertz CT molecular complexity index is 972. The fraction of sp³-hybridized carbons (Fsp3) is 0.381. The third kappa shape index (κ3) is 3.73. The molecule has 0 unspecified atom stereocenters. The standard InChI is InChI=1S/C21H24N2O3S2/c24-20-19(14-22-17-10-6-1-2-7-11-17)28(25,26)23(18-12-13-27-21(18)20)15-16-8-4-3-5-9-16/h3-5,8-9,12-14,17,22H,1-2,6-7,10-11,15H2/b19-14-. The van der Waals surface area contributed by atoms with Crippen molar-refractivity contribution < 1.29 is 13.2 Å². The minimum Gasteiger partial charge on any atom is -0.387 e. The second-order valence-electron chi connectivity index (χ2n) is 7.33. The topological polar surface area (TPSA) is 66.5 Å². The number of fused-ring (bicyclic) bond motifs is 1. The van der Waals surface area contributed by atoms with Gasteiger partial charge in [-0.25, -0.2) is 8.42 Å². The van der Waals surface area contributed by atoms with Gasteiger partial charge in [-0.15, -0.1) is 11.3 Å². The van der Waals surface area contributed by atoms with Crippen molar-refractivity contribution in [3.05, 3.63) is 63.3 Å². The second kappa shape index (κ2) is 8.09. The molecule has 0 radical (unpaired) electrons. The molecule has 1 saturated carbocycles. The van der Waals surface area contributed by atoms with Crippen LogP contribution in [0.25, 0.3) is 0 Å². The maximum atomic E-state index is 13.3. The average molecular weight is 417 g/mol. The molecule has 2 heterocycles. The van der Waals surface area contributed by atoms with E-state index in [2.05, 4.69) is 5.32 Å². The fourth-order valence-electron chi connectivity index (χ4n) is 3.85. The Morgan fingerprint density at radius 3 is 2.50 bits per heavy atom. The van der Waals surface area contributed by atoms with E-state index in [9.17, 15) is 13.2 Å². The first-order valence-electron chi connectivity index (χ1n) is 9.72. The molecule has 0 amide bonds. The molecular weight excluding hydrogens is 392 g/mol. The van der Waals surface area contributed by atoms with E-state index >= 15 is 0 Å². The van der Waals surface area contributed by atoms with Crippen LogP contribution in [0.2, 0.25) is 0 Å². The van der Waals surface area contributed by atoms with Crippen LogP contribution >= 0.6 is 11.3 Å². The molecule has 1 N–H and O–H groups in total. The van der Waals surface area contributed by atoms with Gasteiger partial charge in [0.1, 0.15) is 4.88 Å². The number of carbonyl (C=O) groups is 1. The monoisotopic (exact) mass is 416 g/mol. The smallest absolute Gasteiger partial charge is 0.270 e. The molecule has 0 saturated heterocycles. The van der Waals surface area contributed by atoms with Crippen molar-refractivity contribution in [1.82, 2.24) is 5.32 Å². The highest BCUT2D eigenvalue weighted by Crippen LogP contribution is 2.39. The van der Waals surface area contributed by atoms with Crippen LogP contribution in [-0.2, 0) is 16.6 Å². The van der Waals surface area contributed by atoms with Gasteiger partial charge in [0.15, 0.2) is 4.91 Å². The predicted molar refractivity (Wildman–Crippen MR) is 113 cm³/mol. The van der Waals surface area contributed by atoms with Crippen LogP contribution in [0.15, 0.2) is 52.9 Å². The molecule has 0 spiro atoms. The van der Waals surface area contributed by atoms with Gasteiger partial charge in [-0.1, -0.05) is 56.0 Å². The zero-order valence-electron chi connectivity index (χ0n) is 15.6. The van der Waals surface area contributed by atoms with Gasteiger partial charge in [-0.05, 0) is 29.9 Å². The summed E-state index contributed by atoms with van der Waals surface area (Å²) in [5.74, 6) is -0.407. The molecule has 5 nitrogen and oxygen atoms in total. The number of sulfonamides is 1. The Balaban J connectivity index is 1.67. The molecule has 28 heavy (non-hydrogen) atoms. The first-order valence-corrected chi connectivity index (χ1v) is 12.0. The summed E-state index contributed by atoms with van der Waals surface area (Å²) in [6, 6.07) is 11.4. The third-order valence-electron chi connectivity index (χ3n) is 5.39. The summed E-state index contributed by atoms with van der Waals surface area (Å²) in [6.07, 6.45) is 8.18. The van der Waals surface area contributed by atoms with Crippen molar-refractivity contribution in [3.8, 4) is 0 Å². The summed E-state index contributed by atoms with van der Waals surface area (Å²) >= 11 is 1.29. The number of ketones is 1. The van der Waals surface area contributed by atoms with E-state index in [1.54, 1.807) is 11.4 Å². The van der Waals surface area contributed by atoms with Crippen molar-refractivity contribution in [3.63, 3.8) is 0 Å². The summed E-state index contributed by atoms with van der Waals surface area (Å²) in [6.45, 7) is 0.209. The normalized spacial score (nSPS) is 21.4. The first kappa shape index (κ1) is 19.2. The van der Waals surface area contributed by atoms with Gasteiger partial charge in [0.05, 0.1) is 12.2 Å². The zero-order valence-corrected chi connectivity index (χ0v) is 17.3. The average Bonchev–Trinajstić information content (AvgIpc) is 3.03. The van der Waals surface area contributed by atoms with Gasteiger partial charge in [0.2, 0.25) is 5.78 Å². The molecule has 1 aromatic carbocycles. The number of carbonyl (C=O) groups excluding carboxylic acids is 1. The van der Waals surface area contributed by atoms with Crippen LogP contribution in [0.1, 0.15) is 53.8 Å². The van der Waals surface area contributed by atoms with Crippen molar-refractivity contribution in [1.29, 1.82) is 0 Å². The van der Waals surface area contributed by atoms with Gasteiger partial charge >= 0.3 is 0 Å². The van der Waals surface area contributed by atoms with Crippen LogP contribution < -0.4 is 9.62 Å². The predicted octanol–water partition coefficient (Wildman–Crippen LogP) is 4.43.